The third-order valence-corrected chi connectivity index (χ3v) is 6.20. The molecular weight excluding hydrogens is 322 g/mol. The van der Waals surface area contributed by atoms with Crippen LogP contribution in [-0.2, 0) is 23.0 Å². The normalized spacial score (nSPS) is 17.0. The van der Waals surface area contributed by atoms with Crippen molar-refractivity contribution in [1.82, 2.24) is 14.2 Å². The van der Waals surface area contributed by atoms with E-state index in [-0.39, 0.29) is 5.75 Å². The molecule has 128 valence electrons. The Hall–Kier alpha value is -1.76. The topological polar surface area (TPSA) is 53.5 Å². The third kappa shape index (κ3) is 4.63. The number of hydrogen-bond donors (Lipinski definition) is 0. The zero-order chi connectivity index (χ0) is 16.8. The fourth-order valence-corrected chi connectivity index (χ4v) is 4.38. The zero-order valence-electron chi connectivity index (χ0n) is 13.7. The summed E-state index contributed by atoms with van der Waals surface area (Å²) in [6.07, 6.45) is 2.36. The summed E-state index contributed by atoms with van der Waals surface area (Å²) in [5.41, 5.74) is 2.09. The van der Waals surface area contributed by atoms with E-state index in [2.05, 4.69) is 9.88 Å². The SMILES string of the molecule is O=S(=O)(CCc1ccccc1)N1CCN(Cc2ccccn2)CC1. The van der Waals surface area contributed by atoms with E-state index in [1.807, 2.05) is 48.5 Å². The van der Waals surface area contributed by atoms with Gasteiger partial charge in [0, 0.05) is 38.9 Å². The third-order valence-electron chi connectivity index (χ3n) is 4.33. The Balaban J connectivity index is 1.50. The second kappa shape index (κ2) is 7.88. The van der Waals surface area contributed by atoms with Crippen LogP contribution in [0, 0.1) is 0 Å². The van der Waals surface area contributed by atoms with Gasteiger partial charge in [0.1, 0.15) is 0 Å². The Bertz CT molecular complexity index is 727. The Morgan fingerprint density at radius 3 is 2.29 bits per heavy atom. The van der Waals surface area contributed by atoms with Gasteiger partial charge in [0.05, 0.1) is 11.4 Å². The maximum atomic E-state index is 12.5. The van der Waals surface area contributed by atoms with Gasteiger partial charge >= 0.3 is 0 Å². The van der Waals surface area contributed by atoms with E-state index < -0.39 is 10.0 Å². The lowest BCUT2D eigenvalue weighted by atomic mass is 10.2. The summed E-state index contributed by atoms with van der Waals surface area (Å²) in [4.78, 5) is 6.59. The van der Waals surface area contributed by atoms with E-state index >= 15 is 0 Å². The molecule has 1 aromatic heterocycles. The summed E-state index contributed by atoms with van der Waals surface area (Å²) >= 11 is 0. The summed E-state index contributed by atoms with van der Waals surface area (Å²) in [7, 11) is -3.19. The molecule has 0 N–H and O–H groups in total. The smallest absolute Gasteiger partial charge is 0.214 e. The molecule has 0 atom stereocenters. The lowest BCUT2D eigenvalue weighted by Gasteiger charge is -2.33. The number of hydrogen-bond acceptors (Lipinski definition) is 4. The first kappa shape index (κ1) is 17.1. The number of aromatic nitrogens is 1. The summed E-state index contributed by atoms with van der Waals surface area (Å²) in [5, 5.41) is 0. The summed E-state index contributed by atoms with van der Waals surface area (Å²) in [6.45, 7) is 3.40. The van der Waals surface area contributed by atoms with Gasteiger partial charge in [-0.05, 0) is 24.1 Å². The lowest BCUT2D eigenvalue weighted by molar-refractivity contribution is 0.180. The predicted molar refractivity (Wildman–Crippen MR) is 95.0 cm³/mol. The van der Waals surface area contributed by atoms with Crippen LogP contribution in [0.3, 0.4) is 0 Å². The van der Waals surface area contributed by atoms with E-state index in [1.54, 1.807) is 10.5 Å². The van der Waals surface area contributed by atoms with Crippen LogP contribution >= 0.6 is 0 Å². The number of nitrogens with zero attached hydrogens (tertiary/aromatic N) is 3. The molecule has 1 aliphatic rings. The van der Waals surface area contributed by atoms with Crippen LogP contribution in [0.15, 0.2) is 54.7 Å². The van der Waals surface area contributed by atoms with Crippen LogP contribution in [0.25, 0.3) is 0 Å². The molecule has 24 heavy (non-hydrogen) atoms. The van der Waals surface area contributed by atoms with Gasteiger partial charge in [0.25, 0.3) is 0 Å². The Morgan fingerprint density at radius 2 is 1.62 bits per heavy atom. The molecule has 0 unspecified atom stereocenters. The largest absolute Gasteiger partial charge is 0.295 e. The summed E-state index contributed by atoms with van der Waals surface area (Å²) in [6, 6.07) is 15.7. The van der Waals surface area contributed by atoms with Gasteiger partial charge in [-0.3, -0.25) is 9.88 Å². The van der Waals surface area contributed by atoms with E-state index in [1.165, 1.54) is 0 Å². The fourth-order valence-electron chi connectivity index (χ4n) is 2.91. The first-order valence-corrected chi connectivity index (χ1v) is 9.88. The van der Waals surface area contributed by atoms with Crippen molar-refractivity contribution >= 4 is 10.0 Å². The van der Waals surface area contributed by atoms with E-state index in [9.17, 15) is 8.42 Å². The minimum atomic E-state index is -3.19. The number of aryl methyl sites for hydroxylation is 1. The number of benzene rings is 1. The van der Waals surface area contributed by atoms with Gasteiger partial charge in [-0.2, -0.15) is 4.31 Å². The van der Waals surface area contributed by atoms with E-state index in [4.69, 9.17) is 0 Å². The molecule has 5 nitrogen and oxygen atoms in total. The van der Waals surface area contributed by atoms with Crippen molar-refractivity contribution < 1.29 is 8.42 Å². The van der Waals surface area contributed by atoms with Crippen molar-refractivity contribution in [3.63, 3.8) is 0 Å². The summed E-state index contributed by atoms with van der Waals surface area (Å²) < 4.78 is 26.7. The molecule has 6 heteroatoms. The highest BCUT2D eigenvalue weighted by Crippen LogP contribution is 2.12. The second-order valence-corrected chi connectivity index (χ2v) is 8.14. The van der Waals surface area contributed by atoms with Crippen molar-refractivity contribution in [3.05, 3.63) is 66.0 Å². The van der Waals surface area contributed by atoms with Crippen LogP contribution in [0.5, 0.6) is 0 Å². The van der Waals surface area contributed by atoms with Crippen molar-refractivity contribution in [1.29, 1.82) is 0 Å². The molecule has 1 aromatic carbocycles. The number of rotatable bonds is 6. The summed E-state index contributed by atoms with van der Waals surface area (Å²) in [5.74, 6) is 0.178. The maximum Gasteiger partial charge on any atom is 0.214 e. The lowest BCUT2D eigenvalue weighted by Crippen LogP contribution is -2.49. The molecule has 1 saturated heterocycles. The van der Waals surface area contributed by atoms with Crippen molar-refractivity contribution in [3.8, 4) is 0 Å². The number of piperazine rings is 1. The van der Waals surface area contributed by atoms with Crippen LogP contribution in [-0.4, -0.2) is 54.5 Å². The molecule has 0 spiro atoms. The average molecular weight is 345 g/mol. The monoisotopic (exact) mass is 345 g/mol. The zero-order valence-corrected chi connectivity index (χ0v) is 14.5. The molecule has 0 amide bonds. The minimum absolute atomic E-state index is 0.178. The van der Waals surface area contributed by atoms with Gasteiger partial charge < -0.3 is 0 Å². The van der Waals surface area contributed by atoms with Gasteiger partial charge in [-0.25, -0.2) is 8.42 Å². The highest BCUT2D eigenvalue weighted by molar-refractivity contribution is 7.89. The standard InChI is InChI=1S/C18H23N3O2S/c22-24(23,15-9-17-6-2-1-3-7-17)21-13-11-20(12-14-21)16-18-8-4-5-10-19-18/h1-8,10H,9,11-16H2. The second-order valence-electron chi connectivity index (χ2n) is 6.05. The minimum Gasteiger partial charge on any atom is -0.295 e. The van der Waals surface area contributed by atoms with Gasteiger partial charge in [0.2, 0.25) is 10.0 Å². The molecule has 1 fully saturated rings. The average Bonchev–Trinajstić information content (AvgIpc) is 2.62. The van der Waals surface area contributed by atoms with Crippen molar-refractivity contribution in [2.45, 2.75) is 13.0 Å². The van der Waals surface area contributed by atoms with Crippen LogP contribution < -0.4 is 0 Å². The highest BCUT2D eigenvalue weighted by Gasteiger charge is 2.26. The molecule has 2 aromatic rings. The molecule has 0 aliphatic carbocycles. The maximum absolute atomic E-state index is 12.5. The van der Waals surface area contributed by atoms with E-state index in [0.29, 0.717) is 19.5 Å². The van der Waals surface area contributed by atoms with Crippen LogP contribution in [0.4, 0.5) is 0 Å². The Labute approximate surface area is 144 Å². The quantitative estimate of drug-likeness (QED) is 0.801. The van der Waals surface area contributed by atoms with Crippen molar-refractivity contribution in [2.24, 2.45) is 0 Å². The Morgan fingerprint density at radius 1 is 0.917 bits per heavy atom. The molecule has 3 rings (SSSR count). The van der Waals surface area contributed by atoms with Gasteiger partial charge in [0.15, 0.2) is 0 Å². The fraction of sp³-hybridized carbons (Fsp3) is 0.389. The molecule has 0 radical (unpaired) electrons. The van der Waals surface area contributed by atoms with Crippen LogP contribution in [0.2, 0.25) is 0 Å². The number of sulfonamides is 1. The highest BCUT2D eigenvalue weighted by atomic mass is 32.2. The van der Waals surface area contributed by atoms with Gasteiger partial charge in [-0.1, -0.05) is 36.4 Å². The first-order valence-electron chi connectivity index (χ1n) is 8.27. The molecule has 0 bridgehead atoms. The molecule has 1 aliphatic heterocycles. The van der Waals surface area contributed by atoms with Crippen LogP contribution in [0.1, 0.15) is 11.3 Å². The predicted octanol–water partition coefficient (Wildman–Crippen LogP) is 1.77. The van der Waals surface area contributed by atoms with E-state index in [0.717, 1.165) is 30.9 Å². The molecular formula is C18H23N3O2S. The Kier molecular flexibility index (Phi) is 5.60. The molecule has 0 saturated carbocycles. The van der Waals surface area contributed by atoms with Gasteiger partial charge in [-0.15, -0.1) is 0 Å². The molecule has 2 heterocycles. The van der Waals surface area contributed by atoms with Crippen molar-refractivity contribution in [2.75, 3.05) is 31.9 Å². The first-order chi connectivity index (χ1) is 11.6. The number of pyridine rings is 1.